The zero-order valence-electron chi connectivity index (χ0n) is 11.6. The van der Waals surface area contributed by atoms with Crippen molar-refractivity contribution in [2.24, 2.45) is 5.92 Å². The molecule has 0 saturated carbocycles. The molecule has 0 aliphatic carbocycles. The minimum Gasteiger partial charge on any atom is -0.480 e. The van der Waals surface area contributed by atoms with Crippen LogP contribution >= 0.6 is 0 Å². The van der Waals surface area contributed by atoms with Gasteiger partial charge in [-0.1, -0.05) is 13.8 Å². The summed E-state index contributed by atoms with van der Waals surface area (Å²) in [6.07, 6.45) is 0. The molecule has 7 heteroatoms. The van der Waals surface area contributed by atoms with Crippen LogP contribution in [0.5, 0.6) is 0 Å². The van der Waals surface area contributed by atoms with Crippen molar-refractivity contribution < 1.29 is 19.5 Å². The molecule has 1 N–H and O–H groups in total. The van der Waals surface area contributed by atoms with Crippen LogP contribution in [0.1, 0.15) is 13.8 Å². The van der Waals surface area contributed by atoms with Crippen LogP contribution in [-0.4, -0.2) is 77.5 Å². The van der Waals surface area contributed by atoms with Crippen LogP contribution in [0.4, 0.5) is 4.79 Å². The molecule has 7 nitrogen and oxygen atoms in total. The molecule has 1 rings (SSSR count). The lowest BCUT2D eigenvalue weighted by atomic mass is 10.2. The first-order valence-electron chi connectivity index (χ1n) is 6.31. The number of aliphatic carboxylic acids is 1. The van der Waals surface area contributed by atoms with Crippen molar-refractivity contribution >= 4 is 17.9 Å². The fourth-order valence-electron chi connectivity index (χ4n) is 1.94. The fourth-order valence-corrected chi connectivity index (χ4v) is 1.94. The molecule has 1 aliphatic rings. The Labute approximate surface area is 112 Å². The number of piperazine rings is 1. The third kappa shape index (κ3) is 4.42. The molecule has 0 radical (unpaired) electrons. The van der Waals surface area contributed by atoms with E-state index in [4.69, 9.17) is 5.11 Å². The number of carboxylic acids is 1. The number of likely N-dealkylation sites (N-methyl/N-ethyl adjacent to an activating group) is 1. The average Bonchev–Trinajstić information content (AvgIpc) is 2.29. The number of hydrogen-bond donors (Lipinski definition) is 1. The number of nitrogens with zero attached hydrogens (tertiary/aromatic N) is 3. The summed E-state index contributed by atoms with van der Waals surface area (Å²) in [5, 5.41) is 8.85. The largest absolute Gasteiger partial charge is 0.480 e. The first-order valence-corrected chi connectivity index (χ1v) is 6.31. The lowest BCUT2D eigenvalue weighted by Gasteiger charge is -2.35. The molecule has 0 aromatic carbocycles. The molecule has 0 spiro atoms. The third-order valence-electron chi connectivity index (χ3n) is 2.91. The molecular weight excluding hydrogens is 250 g/mol. The predicted octanol–water partition coefficient (Wildman–Crippen LogP) is -0.0770. The van der Waals surface area contributed by atoms with Gasteiger partial charge in [0.05, 0.1) is 0 Å². The number of urea groups is 1. The van der Waals surface area contributed by atoms with Gasteiger partial charge in [0.15, 0.2) is 0 Å². The minimum atomic E-state index is -1.05. The Morgan fingerprint density at radius 3 is 2.47 bits per heavy atom. The Morgan fingerprint density at radius 1 is 1.37 bits per heavy atom. The van der Waals surface area contributed by atoms with Gasteiger partial charge in [0, 0.05) is 26.7 Å². The van der Waals surface area contributed by atoms with Crippen LogP contribution in [0.15, 0.2) is 0 Å². The lowest BCUT2D eigenvalue weighted by Crippen LogP contribution is -2.55. The third-order valence-corrected chi connectivity index (χ3v) is 2.91. The Hall–Kier alpha value is -1.79. The number of carboxylic acid groups (broad SMARTS) is 1. The molecule has 0 aromatic heterocycles. The molecule has 0 atom stereocenters. The van der Waals surface area contributed by atoms with Crippen LogP contribution in [0.3, 0.4) is 0 Å². The van der Waals surface area contributed by atoms with Gasteiger partial charge in [-0.05, 0) is 5.92 Å². The fraction of sp³-hybridized carbons (Fsp3) is 0.750. The number of carbonyl (C=O) groups excluding carboxylic acids is 2. The Bertz CT molecular complexity index is 370. The summed E-state index contributed by atoms with van der Waals surface area (Å²) in [7, 11) is 1.69. The van der Waals surface area contributed by atoms with E-state index in [0.717, 1.165) is 0 Å². The summed E-state index contributed by atoms with van der Waals surface area (Å²) in [4.78, 5) is 38.9. The van der Waals surface area contributed by atoms with E-state index in [9.17, 15) is 14.4 Å². The summed E-state index contributed by atoms with van der Waals surface area (Å²) in [6.45, 7) is 4.80. The lowest BCUT2D eigenvalue weighted by molar-refractivity contribution is -0.137. The highest BCUT2D eigenvalue weighted by Gasteiger charge is 2.29. The van der Waals surface area contributed by atoms with E-state index in [0.29, 0.717) is 19.6 Å². The summed E-state index contributed by atoms with van der Waals surface area (Å²) >= 11 is 0. The second-order valence-electron chi connectivity index (χ2n) is 5.19. The first-order chi connectivity index (χ1) is 8.81. The maximum Gasteiger partial charge on any atom is 0.323 e. The van der Waals surface area contributed by atoms with Gasteiger partial charge in [0.25, 0.3) is 0 Å². The molecule has 0 unspecified atom stereocenters. The maximum atomic E-state index is 12.2. The van der Waals surface area contributed by atoms with Crippen LogP contribution in [-0.2, 0) is 9.59 Å². The van der Waals surface area contributed by atoms with E-state index in [-0.39, 0.29) is 30.9 Å². The molecule has 0 aromatic rings. The highest BCUT2D eigenvalue weighted by atomic mass is 16.4. The molecule has 1 heterocycles. The second kappa shape index (κ2) is 6.40. The first kappa shape index (κ1) is 15.3. The number of carbonyl (C=O) groups is 3. The topological polar surface area (TPSA) is 81.2 Å². The van der Waals surface area contributed by atoms with Crippen molar-refractivity contribution in [2.45, 2.75) is 13.8 Å². The SMILES string of the molecule is CC(C)CN(CC(=O)O)C(=O)N1CCN(C)C(=O)C1. The molecule has 1 aliphatic heterocycles. The van der Waals surface area contributed by atoms with Gasteiger partial charge in [0.1, 0.15) is 13.1 Å². The average molecular weight is 271 g/mol. The molecule has 1 fully saturated rings. The smallest absolute Gasteiger partial charge is 0.323 e. The van der Waals surface area contributed by atoms with Gasteiger partial charge in [-0.2, -0.15) is 0 Å². The summed E-state index contributed by atoms with van der Waals surface area (Å²) < 4.78 is 0. The van der Waals surface area contributed by atoms with Gasteiger partial charge in [-0.25, -0.2) is 4.79 Å². The van der Waals surface area contributed by atoms with Gasteiger partial charge >= 0.3 is 12.0 Å². The van der Waals surface area contributed by atoms with Crippen LogP contribution in [0.25, 0.3) is 0 Å². The summed E-state index contributed by atoms with van der Waals surface area (Å²) in [5.74, 6) is -1.000. The number of rotatable bonds is 4. The Balaban J connectivity index is 2.70. The Morgan fingerprint density at radius 2 is 2.00 bits per heavy atom. The molecule has 108 valence electrons. The van der Waals surface area contributed by atoms with Crippen molar-refractivity contribution in [2.75, 3.05) is 39.8 Å². The second-order valence-corrected chi connectivity index (χ2v) is 5.19. The van der Waals surface area contributed by atoms with Crippen molar-refractivity contribution in [3.8, 4) is 0 Å². The van der Waals surface area contributed by atoms with E-state index in [2.05, 4.69) is 0 Å². The number of hydrogen-bond acceptors (Lipinski definition) is 3. The highest BCUT2D eigenvalue weighted by molar-refractivity contribution is 5.86. The standard InChI is InChI=1S/C12H21N3O4/c1-9(2)6-15(8-11(17)18)12(19)14-5-4-13(3)10(16)7-14/h9H,4-8H2,1-3H3,(H,17,18). The van der Waals surface area contributed by atoms with E-state index in [1.165, 1.54) is 9.80 Å². The van der Waals surface area contributed by atoms with Crippen molar-refractivity contribution in [1.82, 2.24) is 14.7 Å². The Kier molecular flexibility index (Phi) is 5.14. The molecule has 0 bridgehead atoms. The maximum absolute atomic E-state index is 12.2. The van der Waals surface area contributed by atoms with Gasteiger partial charge in [-0.3, -0.25) is 9.59 Å². The highest BCUT2D eigenvalue weighted by Crippen LogP contribution is 2.08. The van der Waals surface area contributed by atoms with Crippen molar-refractivity contribution in [3.63, 3.8) is 0 Å². The van der Waals surface area contributed by atoms with E-state index in [1.54, 1.807) is 11.9 Å². The zero-order chi connectivity index (χ0) is 14.6. The normalized spacial score (nSPS) is 15.9. The van der Waals surface area contributed by atoms with Crippen LogP contribution in [0.2, 0.25) is 0 Å². The van der Waals surface area contributed by atoms with Crippen LogP contribution in [0, 0.1) is 5.92 Å². The molecule has 19 heavy (non-hydrogen) atoms. The summed E-state index contributed by atoms with van der Waals surface area (Å²) in [5.41, 5.74) is 0. The quantitative estimate of drug-likeness (QED) is 0.775. The van der Waals surface area contributed by atoms with E-state index < -0.39 is 5.97 Å². The van der Waals surface area contributed by atoms with Crippen molar-refractivity contribution in [3.05, 3.63) is 0 Å². The molecule has 3 amide bonds. The summed E-state index contributed by atoms with van der Waals surface area (Å²) in [6, 6.07) is -0.377. The molecule has 1 saturated heterocycles. The van der Waals surface area contributed by atoms with E-state index >= 15 is 0 Å². The molecular formula is C12H21N3O4. The van der Waals surface area contributed by atoms with Gasteiger partial charge < -0.3 is 19.8 Å². The van der Waals surface area contributed by atoms with Gasteiger partial charge in [0.2, 0.25) is 5.91 Å². The van der Waals surface area contributed by atoms with Gasteiger partial charge in [-0.15, -0.1) is 0 Å². The van der Waals surface area contributed by atoms with Crippen molar-refractivity contribution in [1.29, 1.82) is 0 Å². The minimum absolute atomic E-state index is 0.0174. The zero-order valence-corrected chi connectivity index (χ0v) is 11.6. The van der Waals surface area contributed by atoms with E-state index in [1.807, 2.05) is 13.8 Å². The van der Waals surface area contributed by atoms with Crippen LogP contribution < -0.4 is 0 Å². The monoisotopic (exact) mass is 271 g/mol. The predicted molar refractivity (Wildman–Crippen MR) is 68.7 cm³/mol. The number of amides is 3.